The number of phenols is 2. The van der Waals surface area contributed by atoms with Gasteiger partial charge in [-0.15, -0.1) is 0 Å². The number of carbonyl (C=O) groups excluding carboxylic acids is 2. The number of aliphatic hydroxyl groups excluding tert-OH is 1. The first-order chi connectivity index (χ1) is 26.0. The molecule has 5 aliphatic heterocycles. The second-order valence-corrected chi connectivity index (χ2v) is 15.6. The number of rotatable bonds is 10. The number of phenolic OH excluding ortho intramolecular Hbond substituents is 2. The van der Waals surface area contributed by atoms with Gasteiger partial charge in [0.05, 0.1) is 50.1 Å². The van der Waals surface area contributed by atoms with E-state index in [9.17, 15) is 24.9 Å². The normalized spacial score (nSPS) is 33.4. The van der Waals surface area contributed by atoms with Gasteiger partial charge in [-0.1, -0.05) is 18.7 Å². The Kier molecular flexibility index (Phi) is 11.0. The van der Waals surface area contributed by atoms with Crippen LogP contribution in [0.15, 0.2) is 42.5 Å². The van der Waals surface area contributed by atoms with Crippen molar-refractivity contribution >= 4 is 11.8 Å². The minimum atomic E-state index is -0.934. The highest BCUT2D eigenvalue weighted by molar-refractivity contribution is 6.03. The quantitative estimate of drug-likeness (QED) is 0.229. The molecule has 55 heavy (non-hydrogen) atoms. The Morgan fingerprint density at radius 1 is 0.945 bits per heavy atom. The van der Waals surface area contributed by atoms with Crippen LogP contribution in [0.25, 0.3) is 0 Å². The van der Waals surface area contributed by atoms with E-state index in [-0.39, 0.29) is 73.3 Å². The van der Waals surface area contributed by atoms with Crippen LogP contribution in [0.5, 0.6) is 23.0 Å². The molecule has 0 aliphatic carbocycles. The highest BCUT2D eigenvalue weighted by atomic mass is 16.8. The molecule has 2 aromatic rings. The van der Waals surface area contributed by atoms with Gasteiger partial charge in [0.1, 0.15) is 78.4 Å². The van der Waals surface area contributed by atoms with E-state index >= 15 is 0 Å². The number of esters is 1. The standard InChI is InChI=1S/C40H50O15/c1-19(12-28-34(45)38-35(20(2)50-28)53-40(5,6)55-38)16-47-22-10-8-21(9-11-22)26-14-25(43)32-23(41)13-24(42)33(37(32)52-26)27-15-29(48-18-31(44)46-7)36-30(51-27)17-49-39(3,4)54-36/h8-11,13,20,26-30,34-36,38,41-42,45H,1,12,14-18H2,2-7H3/t20-,26?,27?,28-,29+,30?,34+,35+,36?,38-/m0/s1. The molecule has 15 heteroatoms. The number of ether oxygens (including phenoxy) is 10. The highest BCUT2D eigenvalue weighted by Crippen LogP contribution is 2.51. The number of hydrogen-bond donors (Lipinski definition) is 3. The van der Waals surface area contributed by atoms with E-state index in [1.165, 1.54) is 7.11 Å². The Bertz CT molecular complexity index is 1770. The van der Waals surface area contributed by atoms with E-state index < -0.39 is 72.1 Å². The lowest BCUT2D eigenvalue weighted by Crippen LogP contribution is -2.58. The summed E-state index contributed by atoms with van der Waals surface area (Å²) in [5.74, 6) is -2.92. The van der Waals surface area contributed by atoms with Gasteiger partial charge in [-0.05, 0) is 57.9 Å². The van der Waals surface area contributed by atoms with Crippen LogP contribution in [0.4, 0.5) is 0 Å². The lowest BCUT2D eigenvalue weighted by atomic mass is 9.88. The number of hydrogen-bond acceptors (Lipinski definition) is 15. The molecular weight excluding hydrogens is 720 g/mol. The molecule has 0 aromatic heterocycles. The van der Waals surface area contributed by atoms with Crippen LogP contribution in [0.3, 0.4) is 0 Å². The Morgan fingerprint density at radius 3 is 2.38 bits per heavy atom. The van der Waals surface area contributed by atoms with Gasteiger partial charge < -0.3 is 62.7 Å². The van der Waals surface area contributed by atoms with Crippen LogP contribution in [0.1, 0.15) is 87.6 Å². The van der Waals surface area contributed by atoms with Crippen molar-refractivity contribution < 1.29 is 72.3 Å². The van der Waals surface area contributed by atoms with Gasteiger partial charge in [-0.3, -0.25) is 4.79 Å². The van der Waals surface area contributed by atoms with Gasteiger partial charge in [0.25, 0.3) is 0 Å². The molecule has 5 heterocycles. The summed E-state index contributed by atoms with van der Waals surface area (Å²) in [5, 5.41) is 33.0. The first-order valence-corrected chi connectivity index (χ1v) is 18.6. The second-order valence-electron chi connectivity index (χ2n) is 15.6. The summed E-state index contributed by atoms with van der Waals surface area (Å²) in [6.45, 7) is 13.2. The van der Waals surface area contributed by atoms with Crippen molar-refractivity contribution in [2.75, 3.05) is 26.9 Å². The SMILES string of the molecule is C=C(COc1ccc(C2CC(=O)c3c(O)cc(O)c(C4C[C@@H](OCC(=O)OC)C5OC(C)(C)OCC5O4)c3O2)cc1)C[C@@H]1O[C@@H](C)[C@H]2OC(C)(C)O[C@H]2[C@@H]1O. The number of aromatic hydroxyl groups is 2. The Morgan fingerprint density at radius 2 is 1.65 bits per heavy atom. The molecule has 10 atom stereocenters. The average molecular weight is 771 g/mol. The van der Waals surface area contributed by atoms with E-state index in [4.69, 9.17) is 47.4 Å². The third-order valence-corrected chi connectivity index (χ3v) is 10.6. The smallest absolute Gasteiger partial charge is 0.331 e. The lowest BCUT2D eigenvalue weighted by Gasteiger charge is -2.48. The maximum atomic E-state index is 13.6. The molecule has 3 N–H and O–H groups in total. The highest BCUT2D eigenvalue weighted by Gasteiger charge is 2.53. The van der Waals surface area contributed by atoms with Crippen LogP contribution < -0.4 is 9.47 Å². The molecular formula is C40H50O15. The second kappa shape index (κ2) is 15.3. The van der Waals surface area contributed by atoms with E-state index in [0.29, 0.717) is 23.3 Å². The van der Waals surface area contributed by atoms with Crippen LogP contribution in [0, 0.1) is 0 Å². The van der Waals surface area contributed by atoms with Gasteiger partial charge in [0.15, 0.2) is 17.4 Å². The van der Waals surface area contributed by atoms with Crippen LogP contribution in [-0.4, -0.2) is 114 Å². The molecule has 7 rings (SSSR count). The lowest BCUT2D eigenvalue weighted by molar-refractivity contribution is -0.348. The fourth-order valence-electron chi connectivity index (χ4n) is 8.00. The fourth-order valence-corrected chi connectivity index (χ4v) is 8.00. The minimum Gasteiger partial charge on any atom is -0.507 e. The molecule has 0 bridgehead atoms. The third kappa shape index (κ3) is 8.21. The number of aliphatic hydroxyl groups is 1. The first-order valence-electron chi connectivity index (χ1n) is 18.6. The number of carbonyl (C=O) groups is 2. The number of ketones is 1. The topological polar surface area (TPSA) is 187 Å². The number of Topliss-reactive ketones (excluding diaryl/α,β-unsaturated/α-hetero) is 1. The van der Waals surface area contributed by atoms with Crippen molar-refractivity contribution in [3.8, 4) is 23.0 Å². The molecule has 4 saturated heterocycles. The summed E-state index contributed by atoms with van der Waals surface area (Å²) in [5.41, 5.74) is 1.46. The summed E-state index contributed by atoms with van der Waals surface area (Å²) < 4.78 is 59.5. The summed E-state index contributed by atoms with van der Waals surface area (Å²) in [6, 6.07) is 8.14. The Balaban J connectivity index is 1.03. The molecule has 5 aliphatic rings. The zero-order valence-electron chi connectivity index (χ0n) is 31.9. The molecule has 0 spiro atoms. The van der Waals surface area contributed by atoms with Gasteiger partial charge in [-0.25, -0.2) is 4.79 Å². The van der Waals surface area contributed by atoms with E-state index in [1.54, 1.807) is 38.1 Å². The average Bonchev–Trinajstić information content (AvgIpc) is 3.47. The molecule has 4 fully saturated rings. The largest absolute Gasteiger partial charge is 0.507 e. The molecule has 4 unspecified atom stereocenters. The number of fused-ring (bicyclic) bond motifs is 3. The van der Waals surface area contributed by atoms with Gasteiger partial charge in [-0.2, -0.15) is 0 Å². The summed E-state index contributed by atoms with van der Waals surface area (Å²) in [7, 11) is 1.26. The monoisotopic (exact) mass is 770 g/mol. The summed E-state index contributed by atoms with van der Waals surface area (Å²) in [6.07, 6.45) is -5.77. The molecule has 0 radical (unpaired) electrons. The molecule has 0 amide bonds. The van der Waals surface area contributed by atoms with Crippen molar-refractivity contribution in [1.29, 1.82) is 0 Å². The predicted octanol–water partition coefficient (Wildman–Crippen LogP) is 4.34. The third-order valence-electron chi connectivity index (χ3n) is 10.6. The zero-order valence-corrected chi connectivity index (χ0v) is 31.9. The van der Waals surface area contributed by atoms with Crippen LogP contribution in [-0.2, 0) is 42.7 Å². The fraction of sp³-hybridized carbons (Fsp3) is 0.600. The maximum absolute atomic E-state index is 13.6. The molecule has 2 aromatic carbocycles. The van der Waals surface area contributed by atoms with Gasteiger partial charge in [0, 0.05) is 18.9 Å². The van der Waals surface area contributed by atoms with Gasteiger partial charge in [0.2, 0.25) is 0 Å². The number of methoxy groups -OCH3 is 1. The van der Waals surface area contributed by atoms with Crippen molar-refractivity contribution in [3.63, 3.8) is 0 Å². The molecule has 0 saturated carbocycles. The molecule has 15 nitrogen and oxygen atoms in total. The van der Waals surface area contributed by atoms with E-state index in [1.807, 2.05) is 20.8 Å². The van der Waals surface area contributed by atoms with Crippen molar-refractivity contribution in [1.82, 2.24) is 0 Å². The predicted molar refractivity (Wildman–Crippen MR) is 191 cm³/mol. The summed E-state index contributed by atoms with van der Waals surface area (Å²) in [4.78, 5) is 25.6. The Hall–Kier alpha value is -3.80. The van der Waals surface area contributed by atoms with Crippen LogP contribution >= 0.6 is 0 Å². The van der Waals surface area contributed by atoms with Crippen molar-refractivity contribution in [3.05, 3.63) is 59.2 Å². The van der Waals surface area contributed by atoms with E-state index in [0.717, 1.165) is 6.07 Å². The molecule has 300 valence electrons. The van der Waals surface area contributed by atoms with Crippen molar-refractivity contribution in [2.24, 2.45) is 0 Å². The van der Waals surface area contributed by atoms with Crippen molar-refractivity contribution in [2.45, 2.75) is 126 Å². The Labute approximate surface area is 319 Å². The maximum Gasteiger partial charge on any atom is 0.331 e. The summed E-state index contributed by atoms with van der Waals surface area (Å²) >= 11 is 0. The zero-order chi connectivity index (χ0) is 39.4. The first kappa shape index (κ1) is 39.4. The van der Waals surface area contributed by atoms with Crippen LogP contribution in [0.2, 0.25) is 0 Å². The number of benzene rings is 2. The van der Waals surface area contributed by atoms with Gasteiger partial charge >= 0.3 is 5.97 Å². The minimum absolute atomic E-state index is 0.00518. The van der Waals surface area contributed by atoms with E-state index in [2.05, 4.69) is 6.58 Å².